The summed E-state index contributed by atoms with van der Waals surface area (Å²) in [5, 5.41) is 8.59. The first-order valence-corrected chi connectivity index (χ1v) is 5.38. The molecule has 0 bridgehead atoms. The first kappa shape index (κ1) is 12.3. The standard InChI is InChI=1S/C11H13N3O4/c15-3-4-18-7-14-6-9(8-1-2-12-5-8)10(16)13-11(14)17/h1-2,5-6,12,15H,3-4,7H2,(H,13,16,17). The van der Waals surface area contributed by atoms with Crippen LogP contribution < -0.4 is 11.2 Å². The van der Waals surface area contributed by atoms with Gasteiger partial charge in [-0.05, 0) is 6.07 Å². The van der Waals surface area contributed by atoms with Crippen LogP contribution in [0.5, 0.6) is 0 Å². The van der Waals surface area contributed by atoms with Crippen molar-refractivity contribution in [3.05, 3.63) is 45.5 Å². The predicted octanol–water partition coefficient (Wildman–Crippen LogP) is -0.502. The van der Waals surface area contributed by atoms with Crippen LogP contribution >= 0.6 is 0 Å². The Morgan fingerprint density at radius 2 is 2.22 bits per heavy atom. The lowest BCUT2D eigenvalue weighted by atomic mass is 10.2. The molecule has 2 aromatic rings. The highest BCUT2D eigenvalue weighted by Crippen LogP contribution is 2.11. The number of rotatable bonds is 5. The van der Waals surface area contributed by atoms with Gasteiger partial charge >= 0.3 is 5.69 Å². The van der Waals surface area contributed by atoms with Crippen LogP contribution in [0.4, 0.5) is 0 Å². The molecule has 3 N–H and O–H groups in total. The number of aromatic amines is 2. The Bertz CT molecular complexity index is 612. The number of nitrogens with zero attached hydrogens (tertiary/aromatic N) is 1. The molecule has 0 spiro atoms. The first-order valence-electron chi connectivity index (χ1n) is 5.38. The summed E-state index contributed by atoms with van der Waals surface area (Å²) in [4.78, 5) is 28.2. The molecule has 0 aliphatic rings. The van der Waals surface area contributed by atoms with E-state index in [-0.39, 0.29) is 19.9 Å². The van der Waals surface area contributed by atoms with Gasteiger partial charge in [0, 0.05) is 24.2 Å². The van der Waals surface area contributed by atoms with Crippen molar-refractivity contribution in [2.75, 3.05) is 13.2 Å². The second-order valence-corrected chi connectivity index (χ2v) is 3.63. The zero-order valence-corrected chi connectivity index (χ0v) is 9.55. The van der Waals surface area contributed by atoms with Gasteiger partial charge in [0.05, 0.1) is 18.8 Å². The molecule has 0 radical (unpaired) electrons. The molecule has 18 heavy (non-hydrogen) atoms. The van der Waals surface area contributed by atoms with Gasteiger partial charge in [0.1, 0.15) is 6.73 Å². The van der Waals surface area contributed by atoms with Gasteiger partial charge in [-0.25, -0.2) is 4.79 Å². The minimum atomic E-state index is -0.544. The SMILES string of the molecule is O=c1[nH]c(=O)n(COCCO)cc1-c1cc[nH]c1. The smallest absolute Gasteiger partial charge is 0.330 e. The monoisotopic (exact) mass is 251 g/mol. The Balaban J connectivity index is 2.34. The number of nitrogens with one attached hydrogen (secondary N) is 2. The fraction of sp³-hybridized carbons (Fsp3) is 0.273. The molecule has 7 nitrogen and oxygen atoms in total. The average molecular weight is 251 g/mol. The zero-order valence-electron chi connectivity index (χ0n) is 9.55. The van der Waals surface area contributed by atoms with Crippen LogP contribution in [0, 0.1) is 0 Å². The van der Waals surface area contributed by atoms with Crippen LogP contribution in [-0.4, -0.2) is 32.9 Å². The van der Waals surface area contributed by atoms with Gasteiger partial charge in [0.2, 0.25) is 0 Å². The Kier molecular flexibility index (Phi) is 3.75. The Morgan fingerprint density at radius 1 is 1.39 bits per heavy atom. The number of H-pyrrole nitrogens is 2. The van der Waals surface area contributed by atoms with Crippen molar-refractivity contribution in [1.82, 2.24) is 14.5 Å². The van der Waals surface area contributed by atoms with Crippen molar-refractivity contribution in [1.29, 1.82) is 0 Å². The maximum absolute atomic E-state index is 11.7. The minimum Gasteiger partial charge on any atom is -0.394 e. The first-order chi connectivity index (χ1) is 8.72. The molecule has 0 aliphatic carbocycles. The van der Waals surface area contributed by atoms with Crippen molar-refractivity contribution >= 4 is 0 Å². The van der Waals surface area contributed by atoms with E-state index >= 15 is 0 Å². The second kappa shape index (κ2) is 5.48. The molecule has 0 amide bonds. The van der Waals surface area contributed by atoms with Crippen LogP contribution in [0.3, 0.4) is 0 Å². The average Bonchev–Trinajstić information content (AvgIpc) is 2.85. The molecule has 0 saturated carbocycles. The highest BCUT2D eigenvalue weighted by Gasteiger charge is 2.07. The van der Waals surface area contributed by atoms with Gasteiger partial charge in [0.25, 0.3) is 5.56 Å². The fourth-order valence-corrected chi connectivity index (χ4v) is 1.53. The lowest BCUT2D eigenvalue weighted by molar-refractivity contribution is 0.0457. The van der Waals surface area contributed by atoms with Gasteiger partial charge in [-0.1, -0.05) is 0 Å². The van der Waals surface area contributed by atoms with Crippen molar-refractivity contribution in [2.45, 2.75) is 6.73 Å². The maximum Gasteiger partial charge on any atom is 0.330 e. The Labute approximate surface area is 102 Å². The highest BCUT2D eigenvalue weighted by atomic mass is 16.5. The summed E-state index contributed by atoms with van der Waals surface area (Å²) in [6.45, 7) is -0.0125. The minimum absolute atomic E-state index is 0.0202. The van der Waals surface area contributed by atoms with Gasteiger partial charge in [0.15, 0.2) is 0 Å². The predicted molar refractivity (Wildman–Crippen MR) is 64.1 cm³/mol. The van der Waals surface area contributed by atoms with Gasteiger partial charge < -0.3 is 14.8 Å². The number of hydrogen-bond acceptors (Lipinski definition) is 4. The number of aliphatic hydroxyl groups is 1. The molecule has 2 rings (SSSR count). The van der Waals surface area contributed by atoms with Crippen molar-refractivity contribution < 1.29 is 9.84 Å². The van der Waals surface area contributed by atoms with Crippen LogP contribution in [0.2, 0.25) is 0 Å². The van der Waals surface area contributed by atoms with E-state index in [1.165, 1.54) is 10.8 Å². The lowest BCUT2D eigenvalue weighted by Gasteiger charge is -2.07. The molecule has 0 fully saturated rings. The van der Waals surface area contributed by atoms with E-state index in [0.29, 0.717) is 11.1 Å². The molecule has 2 aromatic heterocycles. The Morgan fingerprint density at radius 3 is 2.89 bits per heavy atom. The fourth-order valence-electron chi connectivity index (χ4n) is 1.53. The van der Waals surface area contributed by atoms with E-state index in [4.69, 9.17) is 9.84 Å². The molecule has 0 aromatic carbocycles. The molecule has 0 aliphatic heterocycles. The summed E-state index contributed by atoms with van der Waals surface area (Å²) in [5.74, 6) is 0. The molecule has 96 valence electrons. The largest absolute Gasteiger partial charge is 0.394 e. The molecule has 2 heterocycles. The number of hydrogen-bond donors (Lipinski definition) is 3. The number of aliphatic hydroxyl groups excluding tert-OH is 1. The van der Waals surface area contributed by atoms with Gasteiger partial charge in [-0.3, -0.25) is 14.3 Å². The van der Waals surface area contributed by atoms with E-state index in [1.807, 2.05) is 0 Å². The summed E-state index contributed by atoms with van der Waals surface area (Å²) in [7, 11) is 0. The molecule has 0 atom stereocenters. The summed E-state index contributed by atoms with van der Waals surface area (Å²) >= 11 is 0. The van der Waals surface area contributed by atoms with Crippen molar-refractivity contribution in [3.63, 3.8) is 0 Å². The van der Waals surface area contributed by atoms with E-state index in [1.54, 1.807) is 18.5 Å². The normalized spacial score (nSPS) is 10.7. The van der Waals surface area contributed by atoms with Crippen molar-refractivity contribution in [3.8, 4) is 11.1 Å². The summed E-state index contributed by atoms with van der Waals surface area (Å²) in [6.07, 6.45) is 4.78. The maximum atomic E-state index is 11.7. The molecular weight excluding hydrogens is 238 g/mol. The van der Waals surface area contributed by atoms with E-state index in [9.17, 15) is 9.59 Å². The van der Waals surface area contributed by atoms with E-state index < -0.39 is 11.2 Å². The summed E-state index contributed by atoms with van der Waals surface area (Å²) in [5.41, 5.74) is 0.0749. The Hall–Kier alpha value is -2.12. The van der Waals surface area contributed by atoms with E-state index in [0.717, 1.165) is 0 Å². The molecular formula is C11H13N3O4. The number of aromatic nitrogens is 3. The third-order valence-corrected chi connectivity index (χ3v) is 2.39. The van der Waals surface area contributed by atoms with Gasteiger partial charge in [-0.15, -0.1) is 0 Å². The third kappa shape index (κ3) is 2.58. The summed E-state index contributed by atoms with van der Waals surface area (Å²) < 4.78 is 6.28. The third-order valence-electron chi connectivity index (χ3n) is 2.39. The summed E-state index contributed by atoms with van der Waals surface area (Å²) in [6, 6.07) is 1.73. The van der Waals surface area contributed by atoms with Crippen LogP contribution in [0.1, 0.15) is 0 Å². The highest BCUT2D eigenvalue weighted by molar-refractivity contribution is 5.60. The van der Waals surface area contributed by atoms with Crippen LogP contribution in [0.25, 0.3) is 11.1 Å². The quantitative estimate of drug-likeness (QED) is 0.623. The van der Waals surface area contributed by atoms with E-state index in [2.05, 4.69) is 9.97 Å². The molecule has 0 saturated heterocycles. The zero-order chi connectivity index (χ0) is 13.0. The molecule has 7 heteroatoms. The van der Waals surface area contributed by atoms with Crippen molar-refractivity contribution in [2.24, 2.45) is 0 Å². The second-order valence-electron chi connectivity index (χ2n) is 3.63. The molecule has 0 unspecified atom stereocenters. The topological polar surface area (TPSA) is 100 Å². The van der Waals surface area contributed by atoms with Gasteiger partial charge in [-0.2, -0.15) is 0 Å². The van der Waals surface area contributed by atoms with Crippen LogP contribution in [-0.2, 0) is 11.5 Å². The number of ether oxygens (including phenoxy) is 1. The van der Waals surface area contributed by atoms with Crippen LogP contribution in [0.15, 0.2) is 34.2 Å². The lowest BCUT2D eigenvalue weighted by Crippen LogP contribution is -2.31.